The summed E-state index contributed by atoms with van der Waals surface area (Å²) >= 11 is 0. The Morgan fingerprint density at radius 2 is 1.90 bits per heavy atom. The van der Waals surface area contributed by atoms with Crippen molar-refractivity contribution in [2.24, 2.45) is 5.41 Å². The quantitative estimate of drug-likeness (QED) is 0.859. The number of benzene rings is 1. The molecule has 1 aliphatic heterocycles. The predicted molar refractivity (Wildman–Crippen MR) is 85.8 cm³/mol. The van der Waals surface area contributed by atoms with E-state index in [9.17, 15) is 4.79 Å². The number of amides is 1. The second-order valence-corrected chi connectivity index (χ2v) is 7.28. The van der Waals surface area contributed by atoms with Crippen LogP contribution in [-0.2, 0) is 10.2 Å². The van der Waals surface area contributed by atoms with Crippen LogP contribution in [0.2, 0.25) is 0 Å². The summed E-state index contributed by atoms with van der Waals surface area (Å²) in [6, 6.07) is 6.52. The normalized spacial score (nSPS) is 24.1. The summed E-state index contributed by atoms with van der Waals surface area (Å²) < 4.78 is 0. The van der Waals surface area contributed by atoms with E-state index in [0.29, 0.717) is 5.41 Å². The molecule has 2 saturated carbocycles. The Balaban J connectivity index is 1.70. The lowest BCUT2D eigenvalue weighted by molar-refractivity contribution is -0.107. The molecule has 0 unspecified atom stereocenters. The van der Waals surface area contributed by atoms with Crippen molar-refractivity contribution in [3.8, 4) is 0 Å². The van der Waals surface area contributed by atoms with E-state index in [1.807, 2.05) is 4.90 Å². The van der Waals surface area contributed by atoms with E-state index in [-0.39, 0.29) is 5.41 Å². The summed E-state index contributed by atoms with van der Waals surface area (Å²) in [5.41, 5.74) is 4.64. The van der Waals surface area contributed by atoms with Crippen LogP contribution >= 0.6 is 0 Å². The van der Waals surface area contributed by atoms with Crippen LogP contribution in [0.15, 0.2) is 18.2 Å². The lowest BCUT2D eigenvalue weighted by Crippen LogP contribution is -2.37. The van der Waals surface area contributed by atoms with Crippen molar-refractivity contribution in [3.05, 3.63) is 23.8 Å². The summed E-state index contributed by atoms with van der Waals surface area (Å²) in [4.78, 5) is 13.4. The molecule has 1 heterocycles. The lowest BCUT2D eigenvalue weighted by Gasteiger charge is -2.38. The molecule has 21 heavy (non-hydrogen) atoms. The third-order valence-corrected chi connectivity index (χ3v) is 6.08. The molecule has 0 atom stereocenters. The summed E-state index contributed by atoms with van der Waals surface area (Å²) in [7, 11) is 0. The van der Waals surface area contributed by atoms with Gasteiger partial charge in [0.15, 0.2) is 0 Å². The molecular weight excluding hydrogens is 260 g/mol. The Labute approximate surface area is 126 Å². The summed E-state index contributed by atoms with van der Waals surface area (Å²) in [5, 5.41) is 3.41. The lowest BCUT2D eigenvalue weighted by atomic mass is 9.66. The number of hydrogen-bond donors (Lipinski definition) is 1. The van der Waals surface area contributed by atoms with Crippen molar-refractivity contribution in [3.63, 3.8) is 0 Å². The minimum absolute atomic E-state index is 0.218. The van der Waals surface area contributed by atoms with E-state index < -0.39 is 0 Å². The largest absolute Gasteiger partial charge is 0.385 e. The maximum Gasteiger partial charge on any atom is 0.214 e. The molecule has 1 amide bonds. The van der Waals surface area contributed by atoms with Crippen LogP contribution in [0.3, 0.4) is 0 Å². The van der Waals surface area contributed by atoms with Crippen molar-refractivity contribution in [2.45, 2.75) is 50.9 Å². The number of nitrogens with one attached hydrogen (secondary N) is 1. The molecule has 112 valence electrons. The Morgan fingerprint density at radius 1 is 1.19 bits per heavy atom. The topological polar surface area (TPSA) is 32.3 Å². The van der Waals surface area contributed by atoms with Gasteiger partial charge in [-0.05, 0) is 74.6 Å². The molecule has 3 aliphatic rings. The van der Waals surface area contributed by atoms with Gasteiger partial charge in [-0.3, -0.25) is 4.79 Å². The minimum atomic E-state index is 0.218. The Kier molecular flexibility index (Phi) is 2.82. The van der Waals surface area contributed by atoms with Gasteiger partial charge in [-0.1, -0.05) is 0 Å². The zero-order chi connectivity index (χ0) is 14.5. The van der Waals surface area contributed by atoms with Crippen molar-refractivity contribution in [1.82, 2.24) is 0 Å². The van der Waals surface area contributed by atoms with Crippen LogP contribution < -0.4 is 10.2 Å². The van der Waals surface area contributed by atoms with Crippen LogP contribution in [0.4, 0.5) is 11.4 Å². The first-order chi connectivity index (χ1) is 10.2. The van der Waals surface area contributed by atoms with Crippen LogP contribution in [0.25, 0.3) is 0 Å². The molecule has 1 aromatic carbocycles. The summed E-state index contributed by atoms with van der Waals surface area (Å²) in [6.45, 7) is 3.95. The molecule has 2 fully saturated rings. The van der Waals surface area contributed by atoms with Gasteiger partial charge >= 0.3 is 0 Å². The third-order valence-electron chi connectivity index (χ3n) is 6.08. The third kappa shape index (κ3) is 1.97. The van der Waals surface area contributed by atoms with Gasteiger partial charge in [-0.25, -0.2) is 0 Å². The van der Waals surface area contributed by atoms with Gasteiger partial charge in [0.25, 0.3) is 0 Å². The Hall–Kier alpha value is -1.51. The number of carbonyl (C=O) groups is 1. The van der Waals surface area contributed by atoms with Crippen LogP contribution in [0.1, 0.15) is 51.0 Å². The minimum Gasteiger partial charge on any atom is -0.385 e. The molecule has 2 aliphatic carbocycles. The van der Waals surface area contributed by atoms with Crippen LogP contribution in [0.5, 0.6) is 0 Å². The monoisotopic (exact) mass is 284 g/mol. The maximum atomic E-state index is 11.5. The fourth-order valence-corrected chi connectivity index (χ4v) is 4.48. The van der Waals surface area contributed by atoms with Gasteiger partial charge in [0.2, 0.25) is 6.41 Å². The molecule has 0 saturated heterocycles. The number of fused-ring (bicyclic) bond motifs is 2. The summed E-state index contributed by atoms with van der Waals surface area (Å²) in [6.07, 6.45) is 9.09. The highest BCUT2D eigenvalue weighted by molar-refractivity contribution is 5.83. The van der Waals surface area contributed by atoms with E-state index in [2.05, 4.69) is 30.4 Å². The van der Waals surface area contributed by atoms with E-state index in [1.165, 1.54) is 49.8 Å². The molecule has 4 rings (SSSR count). The molecular formula is C18H24N2O. The first kappa shape index (κ1) is 13.2. The first-order valence-corrected chi connectivity index (χ1v) is 8.31. The zero-order valence-electron chi connectivity index (χ0n) is 12.8. The highest BCUT2D eigenvalue weighted by atomic mass is 16.1. The zero-order valence-corrected chi connectivity index (χ0v) is 12.8. The van der Waals surface area contributed by atoms with E-state index >= 15 is 0 Å². The second-order valence-electron chi connectivity index (χ2n) is 7.28. The van der Waals surface area contributed by atoms with Gasteiger partial charge in [-0.15, -0.1) is 0 Å². The highest BCUT2D eigenvalue weighted by Gasteiger charge is 2.52. The molecule has 1 aromatic rings. The molecule has 2 spiro atoms. The predicted octanol–water partition coefficient (Wildman–Crippen LogP) is 3.69. The smallest absolute Gasteiger partial charge is 0.214 e. The highest BCUT2D eigenvalue weighted by Crippen LogP contribution is 2.62. The SMILES string of the molecule is CCNc1ccc2c(c1)C1(CCC3(CC3)CC1)CN2C=O. The fraction of sp³-hybridized carbons (Fsp3) is 0.611. The molecule has 0 radical (unpaired) electrons. The van der Waals surface area contributed by atoms with Crippen molar-refractivity contribution in [2.75, 3.05) is 23.3 Å². The molecule has 3 heteroatoms. The van der Waals surface area contributed by atoms with Gasteiger partial charge in [0, 0.05) is 29.9 Å². The number of hydrogen-bond acceptors (Lipinski definition) is 2. The van der Waals surface area contributed by atoms with Crippen molar-refractivity contribution in [1.29, 1.82) is 0 Å². The Morgan fingerprint density at radius 3 is 2.52 bits per heavy atom. The average Bonchev–Trinajstić information content (AvgIpc) is 3.21. The maximum absolute atomic E-state index is 11.5. The van der Waals surface area contributed by atoms with Gasteiger partial charge in [0.1, 0.15) is 0 Å². The Bertz CT molecular complexity index is 567. The second kappa shape index (κ2) is 4.49. The van der Waals surface area contributed by atoms with Gasteiger partial charge in [-0.2, -0.15) is 0 Å². The van der Waals surface area contributed by atoms with Crippen LogP contribution in [0, 0.1) is 5.41 Å². The number of nitrogens with zero attached hydrogens (tertiary/aromatic N) is 1. The van der Waals surface area contributed by atoms with E-state index in [4.69, 9.17) is 0 Å². The van der Waals surface area contributed by atoms with Gasteiger partial charge < -0.3 is 10.2 Å². The van der Waals surface area contributed by atoms with E-state index in [0.717, 1.165) is 25.2 Å². The number of anilines is 2. The molecule has 1 N–H and O–H groups in total. The molecule has 3 nitrogen and oxygen atoms in total. The number of carbonyl (C=O) groups excluding carboxylic acids is 1. The fourth-order valence-electron chi connectivity index (χ4n) is 4.48. The van der Waals surface area contributed by atoms with Crippen LogP contribution in [-0.4, -0.2) is 19.5 Å². The molecule has 0 aromatic heterocycles. The van der Waals surface area contributed by atoms with Gasteiger partial charge in [0.05, 0.1) is 0 Å². The molecule has 0 bridgehead atoms. The number of rotatable bonds is 3. The first-order valence-electron chi connectivity index (χ1n) is 8.31. The standard InChI is InChI=1S/C18H24N2O/c1-2-19-14-3-4-16-15(11-14)18(12-20(16)13-21)9-7-17(5-6-17)8-10-18/h3-4,11,13,19H,2,5-10,12H2,1H3. The van der Waals surface area contributed by atoms with E-state index in [1.54, 1.807) is 0 Å². The average molecular weight is 284 g/mol. The van der Waals surface area contributed by atoms with Crippen molar-refractivity contribution >= 4 is 17.8 Å². The summed E-state index contributed by atoms with van der Waals surface area (Å²) in [5.74, 6) is 0. The van der Waals surface area contributed by atoms with Crippen molar-refractivity contribution < 1.29 is 4.79 Å².